The van der Waals surface area contributed by atoms with Crippen molar-refractivity contribution >= 4 is 5.57 Å². The molecule has 0 saturated carbocycles. The van der Waals surface area contributed by atoms with Gasteiger partial charge < -0.3 is 5.32 Å². The summed E-state index contributed by atoms with van der Waals surface area (Å²) in [6, 6.07) is 8.31. The van der Waals surface area contributed by atoms with Crippen molar-refractivity contribution in [3.8, 4) is 0 Å². The van der Waals surface area contributed by atoms with E-state index in [1.54, 1.807) is 0 Å². The molecule has 16 heavy (non-hydrogen) atoms. The zero-order chi connectivity index (χ0) is 12.0. The van der Waals surface area contributed by atoms with Crippen LogP contribution in [0.1, 0.15) is 18.1 Å². The lowest BCUT2D eigenvalue weighted by molar-refractivity contribution is 1.10. The fourth-order valence-electron chi connectivity index (χ4n) is 1.51. The van der Waals surface area contributed by atoms with Crippen LogP contribution in [0.2, 0.25) is 0 Å². The Morgan fingerprint density at radius 2 is 2.00 bits per heavy atom. The SMILES string of the molecule is C=C(/C(C)=C\C=C/NC)c1ccccc1C. The molecule has 1 nitrogen and oxygen atoms in total. The Morgan fingerprint density at radius 3 is 2.62 bits per heavy atom. The maximum atomic E-state index is 4.14. The summed E-state index contributed by atoms with van der Waals surface area (Å²) >= 11 is 0. The van der Waals surface area contributed by atoms with E-state index in [9.17, 15) is 0 Å². The smallest absolute Gasteiger partial charge is 0.00277 e. The second kappa shape index (κ2) is 5.96. The largest absolute Gasteiger partial charge is 0.394 e. The van der Waals surface area contributed by atoms with Crippen molar-refractivity contribution in [3.05, 3.63) is 65.9 Å². The number of benzene rings is 1. The predicted molar refractivity (Wildman–Crippen MR) is 72.2 cm³/mol. The highest BCUT2D eigenvalue weighted by Gasteiger charge is 2.02. The van der Waals surface area contributed by atoms with Gasteiger partial charge in [-0.1, -0.05) is 36.9 Å². The number of hydrogen-bond acceptors (Lipinski definition) is 1. The third-order valence-electron chi connectivity index (χ3n) is 2.56. The van der Waals surface area contributed by atoms with Crippen LogP contribution >= 0.6 is 0 Å². The standard InChI is InChI=1S/C15H19N/c1-12(9-7-11-16-4)14(3)15-10-6-5-8-13(15)2/h5-11,16H,3H2,1-2,4H3/b11-7-,12-9-. The zero-order valence-corrected chi connectivity index (χ0v) is 10.2. The fraction of sp³-hybridized carbons (Fsp3) is 0.200. The van der Waals surface area contributed by atoms with Crippen molar-refractivity contribution in [1.82, 2.24) is 5.32 Å². The van der Waals surface area contributed by atoms with E-state index in [1.807, 2.05) is 31.5 Å². The second-order valence-corrected chi connectivity index (χ2v) is 3.79. The van der Waals surface area contributed by atoms with Crippen LogP contribution in [0.3, 0.4) is 0 Å². The number of hydrogen-bond donors (Lipinski definition) is 1. The van der Waals surface area contributed by atoms with Gasteiger partial charge in [-0.3, -0.25) is 0 Å². The Bertz CT molecular complexity index is 425. The quantitative estimate of drug-likeness (QED) is 0.752. The van der Waals surface area contributed by atoms with Crippen LogP contribution in [0.25, 0.3) is 5.57 Å². The molecule has 0 heterocycles. The summed E-state index contributed by atoms with van der Waals surface area (Å²) in [5, 5.41) is 2.96. The molecular weight excluding hydrogens is 194 g/mol. The van der Waals surface area contributed by atoms with Crippen LogP contribution < -0.4 is 5.32 Å². The molecular formula is C15H19N. The third-order valence-corrected chi connectivity index (χ3v) is 2.56. The molecule has 0 fully saturated rings. The molecule has 0 atom stereocenters. The number of nitrogens with one attached hydrogen (secondary N) is 1. The molecule has 1 heteroatoms. The lowest BCUT2D eigenvalue weighted by Crippen LogP contribution is -1.91. The topological polar surface area (TPSA) is 12.0 Å². The number of aryl methyl sites for hydroxylation is 1. The zero-order valence-electron chi connectivity index (χ0n) is 10.2. The minimum atomic E-state index is 1.08. The van der Waals surface area contributed by atoms with Gasteiger partial charge >= 0.3 is 0 Å². The van der Waals surface area contributed by atoms with Crippen molar-refractivity contribution in [3.63, 3.8) is 0 Å². The van der Waals surface area contributed by atoms with Gasteiger partial charge in [-0.2, -0.15) is 0 Å². The summed E-state index contributed by atoms with van der Waals surface area (Å²) in [5.41, 5.74) is 4.74. The van der Waals surface area contributed by atoms with Gasteiger partial charge in [0, 0.05) is 7.05 Å². The second-order valence-electron chi connectivity index (χ2n) is 3.79. The van der Waals surface area contributed by atoms with E-state index in [2.05, 4.69) is 44.0 Å². The van der Waals surface area contributed by atoms with Gasteiger partial charge in [0.05, 0.1) is 0 Å². The maximum absolute atomic E-state index is 4.14. The van der Waals surface area contributed by atoms with E-state index >= 15 is 0 Å². The first-order valence-corrected chi connectivity index (χ1v) is 5.42. The Hall–Kier alpha value is -1.76. The molecule has 0 amide bonds. The molecule has 0 aliphatic rings. The van der Waals surface area contributed by atoms with Gasteiger partial charge in [0.2, 0.25) is 0 Å². The number of allylic oxidation sites excluding steroid dienone is 4. The summed E-state index contributed by atoms with van der Waals surface area (Å²) in [7, 11) is 1.88. The van der Waals surface area contributed by atoms with Gasteiger partial charge in [-0.25, -0.2) is 0 Å². The highest BCUT2D eigenvalue weighted by molar-refractivity contribution is 5.78. The fourth-order valence-corrected chi connectivity index (χ4v) is 1.51. The summed E-state index contributed by atoms with van der Waals surface area (Å²) in [6.07, 6.45) is 5.94. The van der Waals surface area contributed by atoms with Gasteiger partial charge in [-0.05, 0) is 48.4 Å². The first-order chi connectivity index (χ1) is 7.66. The van der Waals surface area contributed by atoms with Crippen LogP contribution in [0.15, 0.2) is 54.8 Å². The van der Waals surface area contributed by atoms with E-state index in [0.29, 0.717) is 0 Å². The van der Waals surface area contributed by atoms with Crippen molar-refractivity contribution < 1.29 is 0 Å². The number of rotatable bonds is 4. The molecule has 0 bridgehead atoms. The van der Waals surface area contributed by atoms with Gasteiger partial charge in [0.25, 0.3) is 0 Å². The minimum absolute atomic E-state index is 1.08. The summed E-state index contributed by atoms with van der Waals surface area (Å²) in [5.74, 6) is 0. The average molecular weight is 213 g/mol. The summed E-state index contributed by atoms with van der Waals surface area (Å²) in [6.45, 7) is 8.33. The molecule has 0 unspecified atom stereocenters. The molecule has 1 rings (SSSR count). The lowest BCUT2D eigenvalue weighted by Gasteiger charge is -2.09. The molecule has 0 saturated heterocycles. The minimum Gasteiger partial charge on any atom is -0.394 e. The van der Waals surface area contributed by atoms with Crippen LogP contribution in [0.5, 0.6) is 0 Å². The molecule has 0 aliphatic heterocycles. The van der Waals surface area contributed by atoms with Crippen molar-refractivity contribution in [2.45, 2.75) is 13.8 Å². The summed E-state index contributed by atoms with van der Waals surface area (Å²) < 4.78 is 0. The Labute approximate surface area is 98.2 Å². The first-order valence-electron chi connectivity index (χ1n) is 5.42. The average Bonchev–Trinajstić information content (AvgIpc) is 2.29. The molecule has 0 aromatic heterocycles. The van der Waals surface area contributed by atoms with Gasteiger partial charge in [-0.15, -0.1) is 0 Å². The normalized spacial score (nSPS) is 11.8. The van der Waals surface area contributed by atoms with E-state index in [4.69, 9.17) is 0 Å². The molecule has 84 valence electrons. The van der Waals surface area contributed by atoms with Gasteiger partial charge in [0.15, 0.2) is 0 Å². The third kappa shape index (κ3) is 3.13. The lowest BCUT2D eigenvalue weighted by atomic mass is 9.96. The van der Waals surface area contributed by atoms with Crippen LogP contribution in [0.4, 0.5) is 0 Å². The Balaban J connectivity index is 2.91. The molecule has 1 aromatic carbocycles. The Morgan fingerprint density at radius 1 is 1.31 bits per heavy atom. The van der Waals surface area contributed by atoms with Crippen molar-refractivity contribution in [2.24, 2.45) is 0 Å². The van der Waals surface area contributed by atoms with E-state index in [0.717, 1.165) is 5.57 Å². The van der Waals surface area contributed by atoms with E-state index < -0.39 is 0 Å². The Kier molecular flexibility index (Phi) is 4.59. The van der Waals surface area contributed by atoms with Crippen LogP contribution in [0, 0.1) is 6.92 Å². The van der Waals surface area contributed by atoms with Crippen molar-refractivity contribution in [2.75, 3.05) is 7.05 Å². The molecule has 1 N–H and O–H groups in total. The molecule has 0 radical (unpaired) electrons. The molecule has 1 aromatic rings. The van der Waals surface area contributed by atoms with E-state index in [1.165, 1.54) is 16.7 Å². The highest BCUT2D eigenvalue weighted by Crippen LogP contribution is 2.23. The molecule has 0 aliphatic carbocycles. The monoisotopic (exact) mass is 213 g/mol. The van der Waals surface area contributed by atoms with Crippen molar-refractivity contribution in [1.29, 1.82) is 0 Å². The van der Waals surface area contributed by atoms with E-state index in [-0.39, 0.29) is 0 Å². The molecule has 0 spiro atoms. The first kappa shape index (κ1) is 12.3. The van der Waals surface area contributed by atoms with Crippen LogP contribution in [-0.4, -0.2) is 7.05 Å². The van der Waals surface area contributed by atoms with Crippen LogP contribution in [-0.2, 0) is 0 Å². The summed E-state index contributed by atoms with van der Waals surface area (Å²) in [4.78, 5) is 0. The van der Waals surface area contributed by atoms with Gasteiger partial charge in [0.1, 0.15) is 0 Å². The highest BCUT2D eigenvalue weighted by atomic mass is 14.8. The maximum Gasteiger partial charge on any atom is 0.00277 e. The predicted octanol–water partition coefficient (Wildman–Crippen LogP) is 3.69.